The van der Waals surface area contributed by atoms with Crippen LogP contribution in [0.25, 0.3) is 10.9 Å². The number of fused-ring (bicyclic) bond motifs is 1. The van der Waals surface area contributed by atoms with Gasteiger partial charge in [0.25, 0.3) is 0 Å². The van der Waals surface area contributed by atoms with Crippen LogP contribution in [-0.4, -0.2) is 29.0 Å². The quantitative estimate of drug-likeness (QED) is 0.626. The van der Waals surface area contributed by atoms with E-state index in [-0.39, 0.29) is 11.9 Å². The fourth-order valence-electron chi connectivity index (χ4n) is 1.58. The zero-order valence-electron chi connectivity index (χ0n) is 10.3. The van der Waals surface area contributed by atoms with E-state index < -0.39 is 0 Å². The Labute approximate surface area is 110 Å². The second kappa shape index (κ2) is 5.82. The summed E-state index contributed by atoms with van der Waals surface area (Å²) in [6, 6.07) is 7.84. The van der Waals surface area contributed by atoms with Crippen LogP contribution in [0.5, 0.6) is 0 Å². The molecule has 1 aromatic heterocycles. The predicted octanol–water partition coefficient (Wildman–Crippen LogP) is 2.53. The molecule has 94 valence electrons. The van der Waals surface area contributed by atoms with E-state index in [9.17, 15) is 4.79 Å². The van der Waals surface area contributed by atoms with Gasteiger partial charge in [-0.25, -0.2) is 0 Å². The lowest BCUT2D eigenvalue weighted by Crippen LogP contribution is -2.14. The standard InChI is InChI=1S/C13H14N2O2S/c1-9(13(16)17-2)8-18-12-7-14-15-11-6-4-3-5-10(11)12/h3-7,9H,8H2,1-2H3. The summed E-state index contributed by atoms with van der Waals surface area (Å²) in [6.45, 7) is 1.86. The van der Waals surface area contributed by atoms with Gasteiger partial charge in [-0.2, -0.15) is 10.2 Å². The van der Waals surface area contributed by atoms with Gasteiger partial charge < -0.3 is 4.74 Å². The number of carbonyl (C=O) groups is 1. The van der Waals surface area contributed by atoms with Crippen molar-refractivity contribution in [2.24, 2.45) is 5.92 Å². The Bertz CT molecular complexity index is 554. The topological polar surface area (TPSA) is 52.1 Å². The molecule has 0 aliphatic rings. The van der Waals surface area contributed by atoms with Crippen LogP contribution in [0.1, 0.15) is 6.92 Å². The van der Waals surface area contributed by atoms with Crippen LogP contribution in [0.2, 0.25) is 0 Å². The minimum Gasteiger partial charge on any atom is -0.469 e. The molecule has 5 heteroatoms. The normalized spacial score (nSPS) is 12.3. The maximum Gasteiger partial charge on any atom is 0.309 e. The minimum absolute atomic E-state index is 0.132. The number of carbonyl (C=O) groups excluding carboxylic acids is 1. The molecule has 1 aromatic carbocycles. The van der Waals surface area contributed by atoms with Gasteiger partial charge in [0, 0.05) is 16.0 Å². The third-order valence-corrected chi connectivity index (χ3v) is 3.91. The van der Waals surface area contributed by atoms with Crippen LogP contribution in [0.4, 0.5) is 0 Å². The molecule has 0 fully saturated rings. The summed E-state index contributed by atoms with van der Waals surface area (Å²) in [5, 5.41) is 9.10. The van der Waals surface area contributed by atoms with Gasteiger partial charge in [-0.3, -0.25) is 4.79 Å². The summed E-state index contributed by atoms with van der Waals surface area (Å²) in [4.78, 5) is 12.4. The van der Waals surface area contributed by atoms with Gasteiger partial charge in [-0.05, 0) is 6.07 Å². The summed E-state index contributed by atoms with van der Waals surface area (Å²) >= 11 is 1.60. The average Bonchev–Trinajstić information content (AvgIpc) is 2.43. The molecule has 0 spiro atoms. The molecule has 1 unspecified atom stereocenters. The van der Waals surface area contributed by atoms with Crippen LogP contribution < -0.4 is 0 Å². The molecule has 0 radical (unpaired) electrons. The van der Waals surface area contributed by atoms with Gasteiger partial charge in [0.05, 0.1) is 24.7 Å². The summed E-state index contributed by atoms with van der Waals surface area (Å²) < 4.78 is 4.71. The summed E-state index contributed by atoms with van der Waals surface area (Å²) in [5.74, 6) is 0.350. The van der Waals surface area contributed by atoms with Gasteiger partial charge >= 0.3 is 5.97 Å². The Morgan fingerprint density at radius 3 is 3.00 bits per heavy atom. The van der Waals surface area contributed by atoms with Crippen molar-refractivity contribution in [1.82, 2.24) is 10.2 Å². The molecule has 4 nitrogen and oxygen atoms in total. The van der Waals surface area contributed by atoms with Crippen LogP contribution >= 0.6 is 11.8 Å². The third-order valence-electron chi connectivity index (χ3n) is 2.60. The number of benzene rings is 1. The third kappa shape index (κ3) is 2.79. The molecular weight excluding hydrogens is 248 g/mol. The lowest BCUT2D eigenvalue weighted by Gasteiger charge is -2.09. The van der Waals surface area contributed by atoms with E-state index in [0.717, 1.165) is 15.8 Å². The Morgan fingerprint density at radius 1 is 1.44 bits per heavy atom. The van der Waals surface area contributed by atoms with E-state index in [1.165, 1.54) is 7.11 Å². The maximum atomic E-state index is 11.3. The van der Waals surface area contributed by atoms with Gasteiger partial charge in [-0.15, -0.1) is 11.8 Å². The number of ether oxygens (including phenoxy) is 1. The van der Waals surface area contributed by atoms with Crippen molar-refractivity contribution >= 4 is 28.6 Å². The van der Waals surface area contributed by atoms with Crippen molar-refractivity contribution in [1.29, 1.82) is 0 Å². The van der Waals surface area contributed by atoms with E-state index in [0.29, 0.717) is 5.75 Å². The molecule has 0 amide bonds. The molecule has 0 aliphatic carbocycles. The zero-order valence-corrected chi connectivity index (χ0v) is 11.1. The van der Waals surface area contributed by atoms with Crippen LogP contribution in [0, 0.1) is 5.92 Å². The minimum atomic E-state index is -0.186. The van der Waals surface area contributed by atoms with E-state index in [2.05, 4.69) is 10.2 Å². The molecule has 1 atom stereocenters. The van der Waals surface area contributed by atoms with E-state index in [1.807, 2.05) is 31.2 Å². The highest BCUT2D eigenvalue weighted by atomic mass is 32.2. The Hall–Kier alpha value is -1.62. The van der Waals surface area contributed by atoms with Crippen molar-refractivity contribution in [3.8, 4) is 0 Å². The SMILES string of the molecule is COC(=O)C(C)CSc1cnnc2ccccc12. The molecule has 2 rings (SSSR count). The fourth-order valence-corrected chi connectivity index (χ4v) is 2.60. The first kappa shape index (κ1) is 12.8. The smallest absolute Gasteiger partial charge is 0.309 e. The summed E-state index contributed by atoms with van der Waals surface area (Å²) in [6.07, 6.45) is 1.73. The number of aromatic nitrogens is 2. The number of hydrogen-bond acceptors (Lipinski definition) is 5. The molecule has 2 aromatic rings. The largest absolute Gasteiger partial charge is 0.469 e. The average molecular weight is 262 g/mol. The van der Waals surface area contributed by atoms with Gasteiger partial charge in [0.1, 0.15) is 0 Å². The summed E-state index contributed by atoms with van der Waals surface area (Å²) in [5.41, 5.74) is 0.869. The molecule has 0 saturated heterocycles. The molecule has 0 N–H and O–H groups in total. The predicted molar refractivity (Wildman–Crippen MR) is 71.4 cm³/mol. The molecule has 0 aliphatic heterocycles. The number of thioether (sulfide) groups is 1. The number of hydrogen-bond donors (Lipinski definition) is 0. The number of esters is 1. The van der Waals surface area contributed by atoms with Crippen LogP contribution in [-0.2, 0) is 9.53 Å². The number of nitrogens with zero attached hydrogens (tertiary/aromatic N) is 2. The van der Waals surface area contributed by atoms with Gasteiger partial charge in [0.2, 0.25) is 0 Å². The maximum absolute atomic E-state index is 11.3. The highest BCUT2D eigenvalue weighted by Gasteiger charge is 2.14. The highest BCUT2D eigenvalue weighted by molar-refractivity contribution is 7.99. The Morgan fingerprint density at radius 2 is 2.22 bits per heavy atom. The van der Waals surface area contributed by atoms with E-state index in [4.69, 9.17) is 4.74 Å². The molecule has 0 saturated carbocycles. The number of methoxy groups -OCH3 is 1. The Balaban J connectivity index is 2.15. The monoisotopic (exact) mass is 262 g/mol. The zero-order chi connectivity index (χ0) is 13.0. The first-order valence-electron chi connectivity index (χ1n) is 5.63. The highest BCUT2D eigenvalue weighted by Crippen LogP contribution is 2.27. The van der Waals surface area contributed by atoms with Crippen molar-refractivity contribution < 1.29 is 9.53 Å². The number of rotatable bonds is 4. The second-order valence-electron chi connectivity index (χ2n) is 3.96. The molecule has 0 bridgehead atoms. The van der Waals surface area contributed by atoms with Crippen molar-refractivity contribution in [2.45, 2.75) is 11.8 Å². The van der Waals surface area contributed by atoms with E-state index >= 15 is 0 Å². The van der Waals surface area contributed by atoms with Crippen molar-refractivity contribution in [3.05, 3.63) is 30.5 Å². The van der Waals surface area contributed by atoms with Gasteiger partial charge in [-0.1, -0.05) is 25.1 Å². The van der Waals surface area contributed by atoms with Crippen molar-refractivity contribution in [3.63, 3.8) is 0 Å². The lowest BCUT2D eigenvalue weighted by molar-refractivity contribution is -0.143. The Kier molecular flexibility index (Phi) is 4.15. The fraction of sp³-hybridized carbons (Fsp3) is 0.308. The first-order valence-corrected chi connectivity index (χ1v) is 6.62. The second-order valence-corrected chi connectivity index (χ2v) is 5.02. The molecule has 1 heterocycles. The van der Waals surface area contributed by atoms with E-state index in [1.54, 1.807) is 18.0 Å². The van der Waals surface area contributed by atoms with Crippen LogP contribution in [0.15, 0.2) is 35.4 Å². The molecular formula is C13H14N2O2S. The van der Waals surface area contributed by atoms with Crippen molar-refractivity contribution in [2.75, 3.05) is 12.9 Å². The first-order chi connectivity index (χ1) is 8.72. The van der Waals surface area contributed by atoms with Gasteiger partial charge in [0.15, 0.2) is 0 Å². The summed E-state index contributed by atoms with van der Waals surface area (Å²) in [7, 11) is 1.41. The lowest BCUT2D eigenvalue weighted by atomic mass is 10.2. The van der Waals surface area contributed by atoms with Crippen LogP contribution in [0.3, 0.4) is 0 Å². The molecule has 18 heavy (non-hydrogen) atoms.